The van der Waals surface area contributed by atoms with Crippen LogP contribution in [0.4, 0.5) is 0 Å². The third kappa shape index (κ3) is 11.3. The molecule has 3 aromatic carbocycles. The summed E-state index contributed by atoms with van der Waals surface area (Å²) in [7, 11) is 0. The lowest BCUT2D eigenvalue weighted by Gasteiger charge is -2.15. The first-order valence-corrected chi connectivity index (χ1v) is 17.6. The van der Waals surface area contributed by atoms with Crippen LogP contribution in [0, 0.1) is 12.8 Å². The zero-order valence-corrected chi connectivity index (χ0v) is 30.9. The van der Waals surface area contributed by atoms with E-state index >= 15 is 0 Å². The van der Waals surface area contributed by atoms with E-state index in [0.717, 1.165) is 29.2 Å². The normalized spacial score (nSPS) is 11.1. The lowest BCUT2D eigenvalue weighted by Crippen LogP contribution is -2.08. The molecule has 3 nitrogen and oxygen atoms in total. The Morgan fingerprint density at radius 2 is 1.35 bits per heavy atom. The second-order valence-corrected chi connectivity index (χ2v) is 12.8. The third-order valence-electron chi connectivity index (χ3n) is 8.44. The van der Waals surface area contributed by atoms with Gasteiger partial charge in [-0.15, -0.1) is 0 Å². The van der Waals surface area contributed by atoms with Gasteiger partial charge in [-0.3, -0.25) is 4.98 Å². The average Bonchev–Trinajstić information content (AvgIpc) is 3.47. The molecule has 0 amide bonds. The Bertz CT molecular complexity index is 1620. The second-order valence-electron chi connectivity index (χ2n) is 12.8. The standard InChI is InChI=1S/C17H25N.C13H18.C11H12N2.C2H6/c1-5-14(6-2)12-18-10-9-15-7-8-16(13(3)4)11-17(15)18;1-5-6-12-7-8-13(10(2)3)9-11(12)4;1-8(2)11-7-12-9-5-3-4-6-10(9)13-11;1-2/h7-11,13-14H,5-6,12H2,1-4H3;5-10H,1-4H3;3-8H,1-2H3;1-2H3/b;6-5-;;. The molecule has 2 aromatic heterocycles. The summed E-state index contributed by atoms with van der Waals surface area (Å²) in [4.78, 5) is 8.85. The lowest BCUT2D eigenvalue weighted by molar-refractivity contribution is 0.425. The van der Waals surface area contributed by atoms with Crippen LogP contribution in [-0.4, -0.2) is 14.5 Å². The van der Waals surface area contributed by atoms with Crippen LogP contribution in [0.15, 0.2) is 85.2 Å². The number of rotatable bonds is 8. The maximum absolute atomic E-state index is 4.51. The van der Waals surface area contributed by atoms with Gasteiger partial charge >= 0.3 is 0 Å². The monoisotopic (exact) mass is 619 g/mol. The van der Waals surface area contributed by atoms with Crippen LogP contribution in [0.3, 0.4) is 0 Å². The van der Waals surface area contributed by atoms with Gasteiger partial charge in [0.15, 0.2) is 0 Å². The number of hydrogen-bond acceptors (Lipinski definition) is 2. The van der Waals surface area contributed by atoms with Gasteiger partial charge in [0.05, 0.1) is 16.7 Å². The summed E-state index contributed by atoms with van der Waals surface area (Å²) in [5.74, 6) is 2.46. The Morgan fingerprint density at radius 3 is 1.91 bits per heavy atom. The van der Waals surface area contributed by atoms with Gasteiger partial charge in [0.2, 0.25) is 0 Å². The summed E-state index contributed by atoms with van der Waals surface area (Å²) in [6.07, 6.45) is 10.9. The minimum Gasteiger partial charge on any atom is -0.347 e. The molecule has 0 saturated carbocycles. The number of hydrogen-bond donors (Lipinski definition) is 0. The van der Waals surface area contributed by atoms with Gasteiger partial charge in [-0.25, -0.2) is 4.98 Å². The first-order chi connectivity index (χ1) is 22.1. The Hall–Kier alpha value is -3.72. The topological polar surface area (TPSA) is 30.7 Å². The van der Waals surface area contributed by atoms with Crippen LogP contribution in [-0.2, 0) is 6.54 Å². The molecule has 0 saturated heterocycles. The van der Waals surface area contributed by atoms with E-state index in [1.54, 1.807) is 0 Å². The maximum atomic E-state index is 4.51. The average molecular weight is 620 g/mol. The SMILES string of the molecule is C/C=C\c1ccc(C(C)C)cc1C.CC.CC(C)c1cnc2ccccc2n1.CCC(CC)Cn1ccc2ccc(C(C)C)cc21. The molecular weight excluding hydrogens is 558 g/mol. The summed E-state index contributed by atoms with van der Waals surface area (Å²) < 4.78 is 2.43. The van der Waals surface area contributed by atoms with Gasteiger partial charge < -0.3 is 4.57 Å². The highest BCUT2D eigenvalue weighted by Gasteiger charge is 2.09. The fourth-order valence-electron chi connectivity index (χ4n) is 5.22. The van der Waals surface area contributed by atoms with Crippen molar-refractivity contribution in [1.29, 1.82) is 0 Å². The minimum atomic E-state index is 0.442. The minimum absolute atomic E-state index is 0.442. The van der Waals surface area contributed by atoms with E-state index in [2.05, 4.69) is 145 Å². The molecule has 5 rings (SSSR count). The molecule has 0 unspecified atom stereocenters. The van der Waals surface area contributed by atoms with E-state index in [0.29, 0.717) is 17.8 Å². The molecule has 0 atom stereocenters. The fraction of sp³-hybridized carbons (Fsp3) is 0.442. The molecule has 2 heterocycles. The first kappa shape index (κ1) is 38.5. The number of allylic oxidation sites excluding steroid dienone is 1. The number of aromatic nitrogens is 3. The highest BCUT2D eigenvalue weighted by atomic mass is 15.0. The van der Waals surface area contributed by atoms with E-state index in [1.807, 2.05) is 44.3 Å². The van der Waals surface area contributed by atoms with Crippen LogP contribution in [0.2, 0.25) is 0 Å². The Kier molecular flexibility index (Phi) is 16.5. The van der Waals surface area contributed by atoms with Crippen LogP contribution in [0.25, 0.3) is 28.0 Å². The maximum Gasteiger partial charge on any atom is 0.0890 e. The summed E-state index contributed by atoms with van der Waals surface area (Å²) in [5, 5.41) is 1.37. The zero-order chi connectivity index (χ0) is 34.2. The number of aryl methyl sites for hydroxylation is 1. The molecule has 248 valence electrons. The smallest absolute Gasteiger partial charge is 0.0890 e. The van der Waals surface area contributed by atoms with E-state index < -0.39 is 0 Å². The van der Waals surface area contributed by atoms with Crippen LogP contribution >= 0.6 is 0 Å². The van der Waals surface area contributed by atoms with Crippen LogP contribution in [0.1, 0.15) is 135 Å². The van der Waals surface area contributed by atoms with Crippen molar-refractivity contribution in [2.45, 2.75) is 120 Å². The van der Waals surface area contributed by atoms with Gasteiger partial charge in [0.25, 0.3) is 0 Å². The van der Waals surface area contributed by atoms with Crippen molar-refractivity contribution in [2.24, 2.45) is 5.92 Å². The summed E-state index contributed by atoms with van der Waals surface area (Å²) in [6, 6.07) is 23.7. The molecule has 0 aliphatic heterocycles. The Morgan fingerprint density at radius 1 is 0.739 bits per heavy atom. The number of benzene rings is 3. The van der Waals surface area contributed by atoms with Crippen LogP contribution < -0.4 is 0 Å². The highest BCUT2D eigenvalue weighted by molar-refractivity contribution is 5.81. The van der Waals surface area contributed by atoms with Gasteiger partial charge in [-0.1, -0.05) is 137 Å². The highest BCUT2D eigenvalue weighted by Crippen LogP contribution is 2.24. The van der Waals surface area contributed by atoms with Crippen molar-refractivity contribution >= 4 is 28.0 Å². The summed E-state index contributed by atoms with van der Waals surface area (Å²) in [5.41, 5.74) is 9.95. The Balaban J connectivity index is 0.000000238. The van der Waals surface area contributed by atoms with Crippen molar-refractivity contribution < 1.29 is 0 Å². The van der Waals surface area contributed by atoms with Crippen molar-refractivity contribution in [1.82, 2.24) is 14.5 Å². The number of nitrogens with zero attached hydrogens (tertiary/aromatic N) is 3. The van der Waals surface area contributed by atoms with E-state index in [-0.39, 0.29) is 0 Å². The predicted octanol–water partition coefficient (Wildman–Crippen LogP) is 13.1. The van der Waals surface area contributed by atoms with Gasteiger partial charge in [0, 0.05) is 24.5 Å². The molecule has 0 radical (unpaired) electrons. The van der Waals surface area contributed by atoms with Crippen molar-refractivity contribution in [2.75, 3.05) is 0 Å². The fourth-order valence-corrected chi connectivity index (χ4v) is 5.22. The molecule has 5 aromatic rings. The van der Waals surface area contributed by atoms with E-state index in [9.17, 15) is 0 Å². The molecule has 0 fully saturated rings. The Labute approximate surface area is 281 Å². The molecule has 3 heteroatoms. The molecular formula is C43H61N3. The third-order valence-corrected chi connectivity index (χ3v) is 8.44. The first-order valence-electron chi connectivity index (χ1n) is 17.6. The molecule has 0 spiro atoms. The molecule has 0 bridgehead atoms. The second kappa shape index (κ2) is 19.7. The molecule has 0 aliphatic rings. The van der Waals surface area contributed by atoms with Crippen molar-refractivity contribution in [3.8, 4) is 0 Å². The van der Waals surface area contributed by atoms with E-state index in [4.69, 9.17) is 0 Å². The van der Waals surface area contributed by atoms with E-state index in [1.165, 1.54) is 46.0 Å². The van der Waals surface area contributed by atoms with Gasteiger partial charge in [0.1, 0.15) is 0 Å². The zero-order valence-electron chi connectivity index (χ0n) is 30.9. The van der Waals surface area contributed by atoms with Gasteiger partial charge in [-0.2, -0.15) is 0 Å². The van der Waals surface area contributed by atoms with Crippen LogP contribution in [0.5, 0.6) is 0 Å². The molecule has 0 aliphatic carbocycles. The number of para-hydroxylation sites is 2. The lowest BCUT2D eigenvalue weighted by atomic mass is 9.98. The molecule has 46 heavy (non-hydrogen) atoms. The van der Waals surface area contributed by atoms with Gasteiger partial charge in [-0.05, 0) is 89.4 Å². The number of fused-ring (bicyclic) bond motifs is 2. The summed E-state index contributed by atoms with van der Waals surface area (Å²) in [6.45, 7) is 27.2. The van der Waals surface area contributed by atoms with Crippen molar-refractivity contribution in [3.05, 3.63) is 113 Å². The van der Waals surface area contributed by atoms with Crippen molar-refractivity contribution in [3.63, 3.8) is 0 Å². The largest absolute Gasteiger partial charge is 0.347 e. The molecule has 0 N–H and O–H groups in total. The quantitative estimate of drug-likeness (QED) is 0.173. The summed E-state index contributed by atoms with van der Waals surface area (Å²) >= 11 is 0. The predicted molar refractivity (Wildman–Crippen MR) is 205 cm³/mol.